The summed E-state index contributed by atoms with van der Waals surface area (Å²) in [6, 6.07) is 4.13. The standard InChI is InChI=1S/C15H18F3N3/c1-4-12-9(2)20-21(10(12)3)14-6-5-11(8-19)7-13(14)15(16,17)18/h5-7H,4,8,19H2,1-3H3. The largest absolute Gasteiger partial charge is 0.418 e. The second kappa shape index (κ2) is 5.52. The van der Waals surface area contributed by atoms with E-state index >= 15 is 0 Å². The van der Waals surface area contributed by atoms with Crippen molar-refractivity contribution >= 4 is 0 Å². The smallest absolute Gasteiger partial charge is 0.326 e. The van der Waals surface area contributed by atoms with Crippen LogP contribution in [0.4, 0.5) is 13.2 Å². The fraction of sp³-hybridized carbons (Fsp3) is 0.400. The molecule has 0 bridgehead atoms. The predicted octanol–water partition coefficient (Wildman–Crippen LogP) is 3.53. The van der Waals surface area contributed by atoms with Gasteiger partial charge in [0.25, 0.3) is 0 Å². The van der Waals surface area contributed by atoms with E-state index in [1.165, 1.54) is 10.7 Å². The highest BCUT2D eigenvalue weighted by molar-refractivity contribution is 5.47. The number of benzene rings is 1. The van der Waals surface area contributed by atoms with Crippen molar-refractivity contribution in [1.82, 2.24) is 9.78 Å². The monoisotopic (exact) mass is 297 g/mol. The van der Waals surface area contributed by atoms with Crippen LogP contribution in [0.5, 0.6) is 0 Å². The highest BCUT2D eigenvalue weighted by Gasteiger charge is 2.35. The van der Waals surface area contributed by atoms with Crippen molar-refractivity contribution in [2.45, 2.75) is 39.9 Å². The molecule has 0 spiro atoms. The van der Waals surface area contributed by atoms with E-state index < -0.39 is 11.7 Å². The minimum atomic E-state index is -4.45. The first-order chi connectivity index (χ1) is 9.79. The number of halogens is 3. The molecule has 1 aromatic heterocycles. The van der Waals surface area contributed by atoms with Gasteiger partial charge in [0.05, 0.1) is 16.9 Å². The summed E-state index contributed by atoms with van der Waals surface area (Å²) >= 11 is 0. The fourth-order valence-electron chi connectivity index (χ4n) is 2.54. The minimum absolute atomic E-state index is 0.0417. The number of hydrogen-bond acceptors (Lipinski definition) is 2. The number of aryl methyl sites for hydroxylation is 1. The molecule has 6 heteroatoms. The molecule has 0 saturated heterocycles. The second-order valence-corrected chi connectivity index (χ2v) is 4.97. The lowest BCUT2D eigenvalue weighted by Gasteiger charge is -2.15. The van der Waals surface area contributed by atoms with Gasteiger partial charge in [0.1, 0.15) is 0 Å². The molecule has 21 heavy (non-hydrogen) atoms. The van der Waals surface area contributed by atoms with Crippen LogP contribution in [0.25, 0.3) is 5.69 Å². The quantitative estimate of drug-likeness (QED) is 0.942. The zero-order valence-corrected chi connectivity index (χ0v) is 12.3. The lowest BCUT2D eigenvalue weighted by Crippen LogP contribution is -2.14. The van der Waals surface area contributed by atoms with E-state index in [2.05, 4.69) is 5.10 Å². The molecule has 2 N–H and O–H groups in total. The maximum atomic E-state index is 13.3. The molecule has 0 atom stereocenters. The van der Waals surface area contributed by atoms with Gasteiger partial charge < -0.3 is 5.73 Å². The van der Waals surface area contributed by atoms with Gasteiger partial charge in [0.2, 0.25) is 0 Å². The molecule has 2 rings (SSSR count). The van der Waals surface area contributed by atoms with Crippen molar-refractivity contribution < 1.29 is 13.2 Å². The molecule has 114 valence electrons. The van der Waals surface area contributed by atoms with E-state index in [1.54, 1.807) is 13.0 Å². The lowest BCUT2D eigenvalue weighted by atomic mass is 10.1. The highest BCUT2D eigenvalue weighted by atomic mass is 19.4. The second-order valence-electron chi connectivity index (χ2n) is 4.97. The first-order valence-electron chi connectivity index (χ1n) is 6.75. The molecule has 0 unspecified atom stereocenters. The van der Waals surface area contributed by atoms with Gasteiger partial charge in [0.15, 0.2) is 0 Å². The Hall–Kier alpha value is -1.82. The van der Waals surface area contributed by atoms with Crippen LogP contribution in [-0.2, 0) is 19.1 Å². The first kappa shape index (κ1) is 15.6. The van der Waals surface area contributed by atoms with Crippen LogP contribution in [0.2, 0.25) is 0 Å². The highest BCUT2D eigenvalue weighted by Crippen LogP contribution is 2.35. The molecule has 0 fully saturated rings. The summed E-state index contributed by atoms with van der Waals surface area (Å²) in [5.74, 6) is 0. The van der Waals surface area contributed by atoms with Crippen LogP contribution in [0.15, 0.2) is 18.2 Å². The third-order valence-electron chi connectivity index (χ3n) is 3.62. The number of nitrogens with zero attached hydrogens (tertiary/aromatic N) is 2. The van der Waals surface area contributed by atoms with Crippen LogP contribution < -0.4 is 5.73 Å². The molecule has 0 aliphatic carbocycles. The van der Waals surface area contributed by atoms with Crippen LogP contribution in [0.3, 0.4) is 0 Å². The Labute approximate surface area is 121 Å². The number of alkyl halides is 3. The van der Waals surface area contributed by atoms with Crippen molar-refractivity contribution in [2.75, 3.05) is 0 Å². The number of rotatable bonds is 3. The molecule has 0 amide bonds. The molecular weight excluding hydrogens is 279 g/mol. The van der Waals surface area contributed by atoms with E-state index in [0.717, 1.165) is 29.4 Å². The molecule has 1 heterocycles. The average Bonchev–Trinajstić information content (AvgIpc) is 2.71. The van der Waals surface area contributed by atoms with Gasteiger partial charge in [-0.2, -0.15) is 18.3 Å². The third-order valence-corrected chi connectivity index (χ3v) is 3.62. The Bertz CT molecular complexity index is 657. The van der Waals surface area contributed by atoms with Crippen molar-refractivity contribution in [3.63, 3.8) is 0 Å². The van der Waals surface area contributed by atoms with Crippen molar-refractivity contribution in [3.05, 3.63) is 46.3 Å². The van der Waals surface area contributed by atoms with Crippen LogP contribution in [0, 0.1) is 13.8 Å². The van der Waals surface area contributed by atoms with Gasteiger partial charge in [-0.05, 0) is 43.5 Å². The predicted molar refractivity (Wildman–Crippen MR) is 75.3 cm³/mol. The Morgan fingerprint density at radius 1 is 1.24 bits per heavy atom. The number of nitrogens with two attached hydrogens (primary N) is 1. The maximum Gasteiger partial charge on any atom is 0.418 e. The summed E-state index contributed by atoms with van der Waals surface area (Å²) in [7, 11) is 0. The molecule has 3 nitrogen and oxygen atoms in total. The normalized spacial score (nSPS) is 12.0. The summed E-state index contributed by atoms with van der Waals surface area (Å²) in [5, 5.41) is 4.27. The Balaban J connectivity index is 2.69. The molecule has 0 aliphatic heterocycles. The van der Waals surface area contributed by atoms with E-state index in [9.17, 15) is 13.2 Å². The van der Waals surface area contributed by atoms with Gasteiger partial charge in [0, 0.05) is 12.2 Å². The molecule has 0 aliphatic rings. The zero-order chi connectivity index (χ0) is 15.8. The van der Waals surface area contributed by atoms with Crippen LogP contribution in [-0.4, -0.2) is 9.78 Å². The van der Waals surface area contributed by atoms with Gasteiger partial charge in [-0.1, -0.05) is 13.0 Å². The minimum Gasteiger partial charge on any atom is -0.326 e. The Morgan fingerprint density at radius 3 is 2.38 bits per heavy atom. The SMILES string of the molecule is CCc1c(C)nn(-c2ccc(CN)cc2C(F)(F)F)c1C. The van der Waals surface area contributed by atoms with Crippen molar-refractivity contribution in [3.8, 4) is 5.69 Å². The van der Waals surface area contributed by atoms with E-state index in [1.807, 2.05) is 13.8 Å². The molecule has 0 radical (unpaired) electrons. The van der Waals surface area contributed by atoms with Crippen LogP contribution >= 0.6 is 0 Å². The van der Waals surface area contributed by atoms with Crippen molar-refractivity contribution in [2.24, 2.45) is 5.73 Å². The summed E-state index contributed by atoms with van der Waals surface area (Å²) < 4.78 is 41.2. The molecular formula is C15H18F3N3. The average molecular weight is 297 g/mol. The Morgan fingerprint density at radius 2 is 1.90 bits per heavy atom. The van der Waals surface area contributed by atoms with Crippen molar-refractivity contribution in [1.29, 1.82) is 0 Å². The lowest BCUT2D eigenvalue weighted by molar-refractivity contribution is -0.137. The van der Waals surface area contributed by atoms with E-state index in [-0.39, 0.29) is 12.2 Å². The van der Waals surface area contributed by atoms with Gasteiger partial charge in [-0.25, -0.2) is 4.68 Å². The summed E-state index contributed by atoms with van der Waals surface area (Å²) in [6.07, 6.45) is -3.71. The molecule has 1 aromatic carbocycles. The Kier molecular flexibility index (Phi) is 4.09. The zero-order valence-electron chi connectivity index (χ0n) is 12.3. The molecule has 2 aromatic rings. The summed E-state index contributed by atoms with van der Waals surface area (Å²) in [4.78, 5) is 0. The summed E-state index contributed by atoms with van der Waals surface area (Å²) in [5.41, 5.74) is 7.69. The number of aromatic nitrogens is 2. The first-order valence-corrected chi connectivity index (χ1v) is 6.75. The number of hydrogen-bond donors (Lipinski definition) is 1. The molecule has 0 saturated carbocycles. The van der Waals surface area contributed by atoms with Gasteiger partial charge in [-0.3, -0.25) is 0 Å². The fourth-order valence-corrected chi connectivity index (χ4v) is 2.54. The third kappa shape index (κ3) is 2.81. The van der Waals surface area contributed by atoms with Gasteiger partial charge >= 0.3 is 6.18 Å². The maximum absolute atomic E-state index is 13.3. The van der Waals surface area contributed by atoms with Gasteiger partial charge in [-0.15, -0.1) is 0 Å². The van der Waals surface area contributed by atoms with Crippen LogP contribution in [0.1, 0.15) is 35.0 Å². The topological polar surface area (TPSA) is 43.8 Å². The van der Waals surface area contributed by atoms with E-state index in [4.69, 9.17) is 5.73 Å². The van der Waals surface area contributed by atoms with E-state index in [0.29, 0.717) is 5.56 Å². The summed E-state index contributed by atoms with van der Waals surface area (Å²) in [6.45, 7) is 5.63.